The first-order chi connectivity index (χ1) is 20.0. The van der Waals surface area contributed by atoms with E-state index in [1.165, 1.54) is 11.8 Å². The van der Waals surface area contributed by atoms with Crippen LogP contribution in [0.5, 0.6) is 0 Å². The average molecular weight is 605 g/mol. The minimum absolute atomic E-state index is 0.0534. The van der Waals surface area contributed by atoms with Gasteiger partial charge in [0.05, 0.1) is 11.4 Å². The van der Waals surface area contributed by atoms with E-state index in [4.69, 9.17) is 0 Å². The molecule has 222 valence electrons. The van der Waals surface area contributed by atoms with E-state index >= 15 is 8.42 Å². The molecule has 42 heavy (non-hydrogen) atoms. The van der Waals surface area contributed by atoms with Crippen molar-refractivity contribution in [3.63, 3.8) is 0 Å². The van der Waals surface area contributed by atoms with E-state index in [0.717, 1.165) is 41.8 Å². The van der Waals surface area contributed by atoms with Gasteiger partial charge >= 0.3 is 5.97 Å². The van der Waals surface area contributed by atoms with E-state index in [9.17, 15) is 9.90 Å². The van der Waals surface area contributed by atoms with Crippen molar-refractivity contribution in [2.45, 2.75) is 55.4 Å². The first kappa shape index (κ1) is 32.0. The molecule has 3 aromatic carbocycles. The number of unbranched alkanes of at least 4 members (excludes halogenated alkanes) is 1. The summed E-state index contributed by atoms with van der Waals surface area (Å²) >= 11 is 1.27. The van der Waals surface area contributed by atoms with Crippen LogP contribution in [0.3, 0.4) is 0 Å². The highest BCUT2D eigenvalue weighted by Gasteiger charge is 2.49. The molecule has 0 amide bonds. The van der Waals surface area contributed by atoms with Gasteiger partial charge in [-0.25, -0.2) is 12.6 Å². The Kier molecular flexibility index (Phi) is 10.4. The second-order valence-corrected chi connectivity index (χ2v) is 14.4. The quantitative estimate of drug-likeness (QED) is 0.287. The molecule has 11 heteroatoms. The minimum atomic E-state index is -3.98. The van der Waals surface area contributed by atoms with Crippen LogP contribution in [-0.4, -0.2) is 70.2 Å². The highest BCUT2D eigenvalue weighted by atomic mass is 32.2. The Morgan fingerprint density at radius 2 is 1.74 bits per heavy atom. The molecule has 1 atom stereocenters. The third-order valence-corrected chi connectivity index (χ3v) is 11.1. The fraction of sp³-hybridized carbons (Fsp3) is 0.387. The topological polar surface area (TPSA) is 81.2 Å². The molecule has 1 aliphatic heterocycles. The summed E-state index contributed by atoms with van der Waals surface area (Å²) in [4.78, 5) is 15.7. The second-order valence-electron chi connectivity index (χ2n) is 11.6. The van der Waals surface area contributed by atoms with Crippen LogP contribution in [0.1, 0.15) is 37.3 Å². The van der Waals surface area contributed by atoms with Crippen molar-refractivity contribution in [2.24, 2.45) is 0 Å². The Morgan fingerprint density at radius 3 is 2.33 bits per heavy atom. The number of hydrogen-bond donors (Lipinski definition) is 1. The van der Waals surface area contributed by atoms with Gasteiger partial charge in [0.1, 0.15) is 12.7 Å². The lowest BCUT2D eigenvalue weighted by Gasteiger charge is -2.44. The third kappa shape index (κ3) is 7.01. The van der Waals surface area contributed by atoms with Crippen molar-refractivity contribution >= 4 is 59.5 Å². The van der Waals surface area contributed by atoms with Gasteiger partial charge in [-0.2, -0.15) is 0 Å². The molecule has 0 fully saturated rings. The molecule has 4 rings (SSSR count). The van der Waals surface area contributed by atoms with E-state index in [-0.39, 0.29) is 17.5 Å². The number of anilines is 3. The summed E-state index contributed by atoms with van der Waals surface area (Å²) < 4.78 is 31.8. The maximum atomic E-state index is 15.0. The standard InChI is InChI=1S/C31H41B2N3O4S2/c1-5-6-17-31(32)23-35(26-15-11-8-12-16-26)28-19-27(34(3)4)25(21-41-22-30(37)38)18-29(28)42(39,40)36(31)33(2)20-24-13-9-7-10-14-24/h7-16,18-19H,5-6,17,20-23,32H2,1-4H3,(H,37,38)/t31-/m1/s1. The van der Waals surface area contributed by atoms with Gasteiger partial charge in [0.25, 0.3) is 0 Å². The van der Waals surface area contributed by atoms with Crippen LogP contribution in [0.2, 0.25) is 6.82 Å². The lowest BCUT2D eigenvalue weighted by Crippen LogP contribution is -2.61. The number of hydrogen-bond acceptors (Lipinski definition) is 6. The third-order valence-electron chi connectivity index (χ3n) is 7.89. The molecule has 0 aliphatic carbocycles. The Bertz CT molecular complexity index is 1480. The zero-order valence-electron chi connectivity index (χ0n) is 25.3. The van der Waals surface area contributed by atoms with Crippen LogP contribution >= 0.6 is 11.8 Å². The van der Waals surface area contributed by atoms with E-state index in [2.05, 4.69) is 31.8 Å². The van der Waals surface area contributed by atoms with Gasteiger partial charge in [0.2, 0.25) is 16.9 Å². The molecule has 1 aliphatic rings. The Hall–Kier alpha value is -2.88. The number of rotatable bonds is 12. The monoisotopic (exact) mass is 605 g/mol. The van der Waals surface area contributed by atoms with Crippen molar-refractivity contribution < 1.29 is 18.3 Å². The summed E-state index contributed by atoms with van der Waals surface area (Å²) in [5.41, 5.74) is 3.67. The van der Waals surface area contributed by atoms with Crippen LogP contribution in [-0.2, 0) is 26.9 Å². The maximum Gasteiger partial charge on any atom is 0.313 e. The molecule has 1 heterocycles. The molecule has 7 nitrogen and oxygen atoms in total. The lowest BCUT2D eigenvalue weighted by molar-refractivity contribution is -0.133. The highest BCUT2D eigenvalue weighted by molar-refractivity contribution is 7.99. The van der Waals surface area contributed by atoms with Crippen molar-refractivity contribution in [3.05, 3.63) is 83.9 Å². The van der Waals surface area contributed by atoms with Gasteiger partial charge in [0, 0.05) is 43.2 Å². The number of aliphatic carboxylic acids is 1. The van der Waals surface area contributed by atoms with Gasteiger partial charge in [-0.05, 0) is 42.6 Å². The molecule has 0 aromatic heterocycles. The zero-order valence-corrected chi connectivity index (χ0v) is 26.9. The highest BCUT2D eigenvalue weighted by Crippen LogP contribution is 2.45. The van der Waals surface area contributed by atoms with Gasteiger partial charge in [0.15, 0.2) is 0 Å². The molecule has 0 spiro atoms. The largest absolute Gasteiger partial charge is 0.481 e. The summed E-state index contributed by atoms with van der Waals surface area (Å²) in [7, 11) is 1.99. The molecular weight excluding hydrogens is 564 g/mol. The number of nitrogens with zero attached hydrogens (tertiary/aromatic N) is 3. The molecule has 3 aromatic rings. The van der Waals surface area contributed by atoms with E-state index in [1.807, 2.05) is 80.4 Å². The van der Waals surface area contributed by atoms with Crippen LogP contribution in [0.25, 0.3) is 0 Å². The van der Waals surface area contributed by atoms with Crippen LogP contribution < -0.4 is 9.80 Å². The summed E-state index contributed by atoms with van der Waals surface area (Å²) in [6, 6.07) is 23.8. The lowest BCUT2D eigenvalue weighted by atomic mass is 9.55. The van der Waals surface area contributed by atoms with Gasteiger partial charge in [-0.1, -0.05) is 80.7 Å². The smallest absolute Gasteiger partial charge is 0.313 e. The Labute approximate surface area is 256 Å². The fourth-order valence-electron chi connectivity index (χ4n) is 6.08. The molecule has 0 radical (unpaired) electrons. The van der Waals surface area contributed by atoms with Crippen molar-refractivity contribution in [1.29, 1.82) is 0 Å². The zero-order chi connectivity index (χ0) is 30.5. The average Bonchev–Trinajstić information content (AvgIpc) is 3.02. The number of carboxylic acids is 1. The Balaban J connectivity index is 1.96. The number of carbonyl (C=O) groups is 1. The van der Waals surface area contributed by atoms with Gasteiger partial charge < -0.3 is 14.9 Å². The number of sulfonamides is 1. The number of carboxylic acid groups (broad SMARTS) is 1. The van der Waals surface area contributed by atoms with E-state index in [1.54, 1.807) is 10.3 Å². The normalized spacial score (nSPS) is 18.2. The van der Waals surface area contributed by atoms with Crippen LogP contribution in [0.4, 0.5) is 17.1 Å². The fourth-order valence-corrected chi connectivity index (χ4v) is 9.02. The summed E-state index contributed by atoms with van der Waals surface area (Å²) in [6.07, 6.45) is 3.19. The Morgan fingerprint density at radius 1 is 1.10 bits per heavy atom. The minimum Gasteiger partial charge on any atom is -0.481 e. The first-order valence-corrected chi connectivity index (χ1v) is 17.1. The van der Waals surface area contributed by atoms with Gasteiger partial charge in [-0.15, -0.1) is 11.8 Å². The molecule has 0 saturated carbocycles. The van der Waals surface area contributed by atoms with Gasteiger partial charge in [-0.3, -0.25) is 4.79 Å². The number of benzene rings is 3. The number of thioether (sulfide) groups is 1. The van der Waals surface area contributed by atoms with Crippen molar-refractivity contribution in [3.8, 4) is 0 Å². The molecule has 0 unspecified atom stereocenters. The predicted molar refractivity (Wildman–Crippen MR) is 180 cm³/mol. The predicted octanol–water partition coefficient (Wildman–Crippen LogP) is 5.14. The second kappa shape index (κ2) is 13.6. The number of para-hydroxylation sites is 1. The molecule has 0 bridgehead atoms. The van der Waals surface area contributed by atoms with Crippen molar-refractivity contribution in [1.82, 2.24) is 4.22 Å². The summed E-state index contributed by atoms with van der Waals surface area (Å²) in [6.45, 7) is 4.37. The molecular formula is C31H41B2N3O4S2. The van der Waals surface area contributed by atoms with E-state index < -0.39 is 21.4 Å². The number of fused-ring (bicyclic) bond motifs is 1. The SMILES string of the molecule is B[C@@]1(CCCC)CN(c2ccccc2)c2cc(N(C)C)c(CSCC(=O)O)cc2S(=O)(=O)N1B(C)Cc1ccccc1. The molecule has 1 N–H and O–H groups in total. The summed E-state index contributed by atoms with van der Waals surface area (Å²) in [5, 5.41) is 9.25. The first-order valence-electron chi connectivity index (χ1n) is 14.5. The maximum absolute atomic E-state index is 15.0. The summed E-state index contributed by atoms with van der Waals surface area (Å²) in [5.74, 6) is -0.556. The van der Waals surface area contributed by atoms with Crippen LogP contribution in [0, 0.1) is 0 Å². The van der Waals surface area contributed by atoms with Crippen molar-refractivity contribution in [2.75, 3.05) is 36.2 Å². The van der Waals surface area contributed by atoms with Crippen LogP contribution in [0.15, 0.2) is 77.7 Å². The molecule has 0 saturated heterocycles. The van der Waals surface area contributed by atoms with E-state index in [0.29, 0.717) is 24.3 Å².